The maximum Gasteiger partial charge on any atom is 0.240 e. The number of nitrogens with zero attached hydrogens (tertiary/aromatic N) is 1. The van der Waals surface area contributed by atoms with Gasteiger partial charge in [0.1, 0.15) is 6.04 Å². The smallest absolute Gasteiger partial charge is 0.240 e. The number of unbranched alkanes of at least 4 members (excludes halogenated alkanes) is 1. The molecule has 0 heterocycles. The van der Waals surface area contributed by atoms with Gasteiger partial charge in [0.05, 0.1) is 6.07 Å². The van der Waals surface area contributed by atoms with Crippen molar-refractivity contribution >= 4 is 11.8 Å². The number of amides is 2. The van der Waals surface area contributed by atoms with Gasteiger partial charge in [0.2, 0.25) is 11.8 Å². The third kappa shape index (κ3) is 4.74. The molecule has 18 heavy (non-hydrogen) atoms. The van der Waals surface area contributed by atoms with Crippen LogP contribution in [0.3, 0.4) is 0 Å². The second-order valence-electron chi connectivity index (χ2n) is 4.85. The fourth-order valence-electron chi connectivity index (χ4n) is 2.33. The highest BCUT2D eigenvalue weighted by atomic mass is 16.2. The van der Waals surface area contributed by atoms with Crippen molar-refractivity contribution in [1.82, 2.24) is 5.32 Å². The van der Waals surface area contributed by atoms with Gasteiger partial charge in [-0.3, -0.25) is 9.59 Å². The van der Waals surface area contributed by atoms with Gasteiger partial charge in [-0.15, -0.1) is 0 Å². The van der Waals surface area contributed by atoms with Crippen molar-refractivity contribution in [2.24, 2.45) is 11.7 Å². The number of carbonyl (C=O) groups is 2. The summed E-state index contributed by atoms with van der Waals surface area (Å²) in [6.45, 7) is 0. The third-order valence-corrected chi connectivity index (χ3v) is 3.42. The number of rotatable bonds is 6. The molecule has 0 saturated heterocycles. The second kappa shape index (κ2) is 7.70. The minimum absolute atomic E-state index is 0.0246. The lowest BCUT2D eigenvalue weighted by molar-refractivity contribution is -0.130. The summed E-state index contributed by atoms with van der Waals surface area (Å²) in [6, 6.07) is 1.38. The summed E-state index contributed by atoms with van der Waals surface area (Å²) in [7, 11) is 0. The fourth-order valence-corrected chi connectivity index (χ4v) is 2.33. The highest BCUT2D eigenvalue weighted by Gasteiger charge is 2.25. The Morgan fingerprint density at radius 2 is 2.00 bits per heavy atom. The Balaban J connectivity index is 2.41. The quantitative estimate of drug-likeness (QED) is 0.695. The van der Waals surface area contributed by atoms with Crippen LogP contribution < -0.4 is 11.1 Å². The number of primary amides is 1. The van der Waals surface area contributed by atoms with E-state index in [-0.39, 0.29) is 11.8 Å². The van der Waals surface area contributed by atoms with Crippen LogP contribution in [0.15, 0.2) is 0 Å². The summed E-state index contributed by atoms with van der Waals surface area (Å²) >= 11 is 0. The molecule has 0 aromatic rings. The van der Waals surface area contributed by atoms with Gasteiger partial charge in [-0.2, -0.15) is 5.26 Å². The van der Waals surface area contributed by atoms with Crippen molar-refractivity contribution in [3.05, 3.63) is 0 Å². The van der Waals surface area contributed by atoms with Crippen LogP contribution in [0.2, 0.25) is 0 Å². The number of nitriles is 1. The molecule has 0 aromatic carbocycles. The lowest BCUT2D eigenvalue weighted by Crippen LogP contribution is -2.46. The van der Waals surface area contributed by atoms with E-state index in [0.29, 0.717) is 19.3 Å². The van der Waals surface area contributed by atoms with Gasteiger partial charge in [-0.25, -0.2) is 0 Å². The van der Waals surface area contributed by atoms with Crippen LogP contribution in [0, 0.1) is 17.2 Å². The summed E-state index contributed by atoms with van der Waals surface area (Å²) in [5.41, 5.74) is 5.26. The second-order valence-corrected chi connectivity index (χ2v) is 4.85. The Morgan fingerprint density at radius 1 is 1.33 bits per heavy atom. The van der Waals surface area contributed by atoms with Gasteiger partial charge in [0.15, 0.2) is 0 Å². The minimum atomic E-state index is -0.632. The number of carbonyl (C=O) groups excluding carboxylic acids is 2. The van der Waals surface area contributed by atoms with Gasteiger partial charge in [-0.05, 0) is 25.7 Å². The molecule has 1 aliphatic rings. The van der Waals surface area contributed by atoms with Gasteiger partial charge in [-0.1, -0.05) is 19.3 Å². The predicted octanol–water partition coefficient (Wildman–Crippen LogP) is 1.23. The Bertz CT molecular complexity index is 330. The van der Waals surface area contributed by atoms with Gasteiger partial charge < -0.3 is 11.1 Å². The van der Waals surface area contributed by atoms with E-state index in [1.807, 2.05) is 6.07 Å². The van der Waals surface area contributed by atoms with Crippen LogP contribution in [0.25, 0.3) is 0 Å². The molecule has 1 atom stereocenters. The van der Waals surface area contributed by atoms with Gasteiger partial charge in [0.25, 0.3) is 0 Å². The normalized spacial score (nSPS) is 17.7. The van der Waals surface area contributed by atoms with Crippen LogP contribution in [-0.4, -0.2) is 17.9 Å². The average molecular weight is 251 g/mol. The lowest BCUT2D eigenvalue weighted by Gasteiger charge is -2.23. The van der Waals surface area contributed by atoms with Crippen molar-refractivity contribution < 1.29 is 9.59 Å². The molecule has 1 rings (SSSR count). The molecule has 2 amide bonds. The highest BCUT2D eigenvalue weighted by Crippen LogP contribution is 2.23. The van der Waals surface area contributed by atoms with Gasteiger partial charge in [0, 0.05) is 12.3 Å². The Labute approximate surface area is 108 Å². The maximum absolute atomic E-state index is 12.0. The average Bonchev–Trinajstić information content (AvgIpc) is 2.38. The van der Waals surface area contributed by atoms with Crippen molar-refractivity contribution in [2.45, 2.75) is 57.4 Å². The van der Waals surface area contributed by atoms with Crippen molar-refractivity contribution in [3.63, 3.8) is 0 Å². The summed E-state index contributed by atoms with van der Waals surface area (Å²) in [5.74, 6) is -0.552. The first-order valence-corrected chi connectivity index (χ1v) is 6.61. The Hall–Kier alpha value is -1.57. The number of hydrogen-bond acceptors (Lipinski definition) is 3. The third-order valence-electron chi connectivity index (χ3n) is 3.42. The first-order valence-electron chi connectivity index (χ1n) is 6.61. The molecule has 5 nitrogen and oxygen atoms in total. The lowest BCUT2D eigenvalue weighted by atomic mass is 9.88. The molecule has 0 aliphatic heterocycles. The van der Waals surface area contributed by atoms with Crippen LogP contribution in [0.5, 0.6) is 0 Å². The molecule has 1 fully saturated rings. The molecule has 0 unspecified atom stereocenters. The molecule has 0 bridgehead atoms. The summed E-state index contributed by atoms with van der Waals surface area (Å²) in [6.07, 6.45) is 6.54. The Morgan fingerprint density at radius 3 is 2.56 bits per heavy atom. The predicted molar refractivity (Wildman–Crippen MR) is 67.2 cm³/mol. The molecular formula is C13H21N3O2. The number of nitrogens with one attached hydrogen (secondary N) is 1. The van der Waals surface area contributed by atoms with Gasteiger partial charge >= 0.3 is 0 Å². The standard InChI is InChI=1S/C13H21N3O2/c14-9-5-4-8-11(12(15)17)16-13(18)10-6-2-1-3-7-10/h10-11H,1-8H2,(H2,15,17)(H,16,18)/t11-/m1/s1. The van der Waals surface area contributed by atoms with E-state index in [1.54, 1.807) is 0 Å². The van der Waals surface area contributed by atoms with E-state index >= 15 is 0 Å². The summed E-state index contributed by atoms with van der Waals surface area (Å²) in [4.78, 5) is 23.2. The summed E-state index contributed by atoms with van der Waals surface area (Å²) in [5, 5.41) is 11.2. The topological polar surface area (TPSA) is 96.0 Å². The van der Waals surface area contributed by atoms with Crippen LogP contribution in [0.1, 0.15) is 51.4 Å². The monoisotopic (exact) mass is 251 g/mol. The van der Waals surface area contributed by atoms with Crippen LogP contribution in [-0.2, 0) is 9.59 Å². The fraction of sp³-hybridized carbons (Fsp3) is 0.769. The first kappa shape index (κ1) is 14.5. The van der Waals surface area contributed by atoms with E-state index in [2.05, 4.69) is 5.32 Å². The van der Waals surface area contributed by atoms with E-state index in [4.69, 9.17) is 11.0 Å². The SMILES string of the molecule is N#CCCC[C@@H](NC(=O)C1CCCCC1)C(N)=O. The molecule has 3 N–H and O–H groups in total. The molecule has 100 valence electrons. The zero-order chi connectivity index (χ0) is 13.4. The molecular weight excluding hydrogens is 230 g/mol. The number of hydrogen-bond donors (Lipinski definition) is 2. The van der Waals surface area contributed by atoms with Crippen molar-refractivity contribution in [2.75, 3.05) is 0 Å². The molecule has 0 aromatic heterocycles. The maximum atomic E-state index is 12.0. The molecule has 0 radical (unpaired) electrons. The highest BCUT2D eigenvalue weighted by molar-refractivity contribution is 5.87. The first-order chi connectivity index (χ1) is 8.65. The molecule has 1 aliphatic carbocycles. The molecule has 5 heteroatoms. The minimum Gasteiger partial charge on any atom is -0.368 e. The zero-order valence-electron chi connectivity index (χ0n) is 10.7. The van der Waals surface area contributed by atoms with E-state index in [1.165, 1.54) is 6.42 Å². The number of nitrogens with two attached hydrogens (primary N) is 1. The van der Waals surface area contributed by atoms with Crippen LogP contribution in [0.4, 0.5) is 0 Å². The molecule has 0 spiro atoms. The van der Waals surface area contributed by atoms with Crippen LogP contribution >= 0.6 is 0 Å². The molecule has 1 saturated carbocycles. The zero-order valence-corrected chi connectivity index (χ0v) is 10.7. The van der Waals surface area contributed by atoms with E-state index in [9.17, 15) is 9.59 Å². The largest absolute Gasteiger partial charge is 0.368 e. The summed E-state index contributed by atoms with van der Waals surface area (Å²) < 4.78 is 0. The van der Waals surface area contributed by atoms with E-state index < -0.39 is 11.9 Å². The van der Waals surface area contributed by atoms with Crippen molar-refractivity contribution in [3.8, 4) is 6.07 Å². The van der Waals surface area contributed by atoms with Crippen molar-refractivity contribution in [1.29, 1.82) is 5.26 Å². The Kier molecular flexibility index (Phi) is 6.20. The van der Waals surface area contributed by atoms with E-state index in [0.717, 1.165) is 25.7 Å².